The topological polar surface area (TPSA) is 52.1 Å². The normalized spacial score (nSPS) is 16.4. The van der Waals surface area contributed by atoms with Crippen LogP contribution in [0.15, 0.2) is 18.2 Å². The average molecular weight is 302 g/mol. The van der Waals surface area contributed by atoms with Crippen LogP contribution in [0.2, 0.25) is 0 Å². The number of Topliss-reactive ketones (excluding diaryl/α,β-unsaturated/α-hetero) is 1. The molecule has 0 amide bonds. The summed E-state index contributed by atoms with van der Waals surface area (Å²) < 4.78 is 10.3. The monoisotopic (exact) mass is 302 g/mol. The Labute approximate surface area is 128 Å². The summed E-state index contributed by atoms with van der Waals surface area (Å²) in [5.41, 5.74) is 1.25. The van der Waals surface area contributed by atoms with E-state index in [-0.39, 0.29) is 11.4 Å². The van der Waals surface area contributed by atoms with Crippen molar-refractivity contribution in [1.82, 2.24) is 9.36 Å². The van der Waals surface area contributed by atoms with E-state index in [4.69, 9.17) is 4.74 Å². The molecule has 0 aliphatic carbocycles. The van der Waals surface area contributed by atoms with Crippen molar-refractivity contribution < 1.29 is 9.53 Å². The van der Waals surface area contributed by atoms with Crippen LogP contribution in [0.1, 0.15) is 49.3 Å². The van der Waals surface area contributed by atoms with Crippen molar-refractivity contribution in [3.05, 3.63) is 29.6 Å². The number of hydrogen-bond acceptors (Lipinski definition) is 5. The van der Waals surface area contributed by atoms with Crippen molar-refractivity contribution in [3.8, 4) is 16.3 Å². The molecule has 21 heavy (non-hydrogen) atoms. The van der Waals surface area contributed by atoms with Gasteiger partial charge in [-0.3, -0.25) is 4.79 Å². The quantitative estimate of drug-likeness (QED) is 0.858. The lowest BCUT2D eigenvalue weighted by Gasteiger charge is -2.36. The Hall–Kier alpha value is -1.75. The fourth-order valence-corrected chi connectivity index (χ4v) is 3.35. The van der Waals surface area contributed by atoms with E-state index in [1.165, 1.54) is 11.5 Å². The van der Waals surface area contributed by atoms with Crippen molar-refractivity contribution in [2.75, 3.05) is 0 Å². The van der Waals surface area contributed by atoms with Crippen LogP contribution in [0, 0.1) is 6.92 Å². The zero-order valence-electron chi connectivity index (χ0n) is 12.5. The van der Waals surface area contributed by atoms with E-state index in [2.05, 4.69) is 23.2 Å². The first-order valence-electron chi connectivity index (χ1n) is 7.24. The van der Waals surface area contributed by atoms with Gasteiger partial charge in [0.15, 0.2) is 5.78 Å². The van der Waals surface area contributed by atoms with Gasteiger partial charge in [-0.15, -0.1) is 0 Å². The van der Waals surface area contributed by atoms with E-state index in [0.29, 0.717) is 17.7 Å². The maximum absolute atomic E-state index is 12.5. The summed E-state index contributed by atoms with van der Waals surface area (Å²) in [6, 6.07) is 5.72. The van der Waals surface area contributed by atoms with Crippen LogP contribution in [0.5, 0.6) is 5.75 Å². The number of ketones is 1. The molecule has 0 atom stereocenters. The molecule has 110 valence electrons. The van der Waals surface area contributed by atoms with Gasteiger partial charge in [-0.2, -0.15) is 4.37 Å². The van der Waals surface area contributed by atoms with Gasteiger partial charge in [-0.1, -0.05) is 13.8 Å². The largest absolute Gasteiger partial charge is 0.486 e. The van der Waals surface area contributed by atoms with E-state index in [1.54, 1.807) is 0 Å². The summed E-state index contributed by atoms with van der Waals surface area (Å²) in [6.07, 6.45) is 2.13. The molecule has 3 rings (SSSR count). The zero-order valence-corrected chi connectivity index (χ0v) is 13.3. The van der Waals surface area contributed by atoms with Crippen molar-refractivity contribution in [3.63, 3.8) is 0 Å². The van der Waals surface area contributed by atoms with Gasteiger partial charge in [0, 0.05) is 5.56 Å². The molecule has 0 saturated carbocycles. The Balaban J connectivity index is 2.01. The molecule has 0 N–H and O–H groups in total. The highest BCUT2D eigenvalue weighted by atomic mass is 32.1. The smallest absolute Gasteiger partial charge is 0.170 e. The molecule has 0 radical (unpaired) electrons. The minimum absolute atomic E-state index is 0.156. The summed E-state index contributed by atoms with van der Waals surface area (Å²) in [5, 5.41) is 0.839. The molecule has 2 aromatic rings. The highest BCUT2D eigenvalue weighted by molar-refractivity contribution is 7.09. The highest BCUT2D eigenvalue weighted by Gasteiger charge is 2.37. The van der Waals surface area contributed by atoms with Gasteiger partial charge in [0.25, 0.3) is 0 Å². The summed E-state index contributed by atoms with van der Waals surface area (Å²) in [6.45, 7) is 6.00. The van der Waals surface area contributed by atoms with E-state index >= 15 is 0 Å². The highest BCUT2D eigenvalue weighted by Crippen LogP contribution is 2.39. The van der Waals surface area contributed by atoms with Crippen LogP contribution in [-0.2, 0) is 0 Å². The second kappa shape index (κ2) is 5.22. The number of aryl methyl sites for hydroxylation is 1. The molecule has 0 bridgehead atoms. The van der Waals surface area contributed by atoms with Crippen molar-refractivity contribution in [1.29, 1.82) is 0 Å². The molecule has 1 aromatic heterocycles. The Morgan fingerprint density at radius 2 is 2.10 bits per heavy atom. The first kappa shape index (κ1) is 14.2. The minimum Gasteiger partial charge on any atom is -0.486 e. The van der Waals surface area contributed by atoms with Crippen LogP contribution in [0.3, 0.4) is 0 Å². The lowest BCUT2D eigenvalue weighted by Crippen LogP contribution is -2.40. The lowest BCUT2D eigenvalue weighted by atomic mass is 9.85. The maximum Gasteiger partial charge on any atom is 0.170 e. The number of carbonyl (C=O) groups is 1. The van der Waals surface area contributed by atoms with Crippen molar-refractivity contribution in [2.45, 2.75) is 45.6 Å². The number of hydrogen-bond donors (Lipinski definition) is 0. The summed E-state index contributed by atoms with van der Waals surface area (Å²) >= 11 is 1.35. The van der Waals surface area contributed by atoms with Gasteiger partial charge in [0.1, 0.15) is 22.2 Å². The number of aromatic nitrogens is 2. The number of rotatable bonds is 3. The second-order valence-corrected chi connectivity index (χ2v) is 6.20. The molecule has 0 saturated heterocycles. The number of carbonyl (C=O) groups excluding carboxylic acids is 1. The fourth-order valence-electron chi connectivity index (χ4n) is 2.69. The Bertz CT molecular complexity index is 689. The van der Waals surface area contributed by atoms with Crippen molar-refractivity contribution >= 4 is 17.3 Å². The van der Waals surface area contributed by atoms with Crippen LogP contribution in [-0.4, -0.2) is 20.7 Å². The summed E-state index contributed by atoms with van der Waals surface area (Å²) in [4.78, 5) is 16.9. The number of benzene rings is 1. The Morgan fingerprint density at radius 1 is 1.33 bits per heavy atom. The first-order valence-corrected chi connectivity index (χ1v) is 8.01. The van der Waals surface area contributed by atoms with Gasteiger partial charge >= 0.3 is 0 Å². The minimum atomic E-state index is -0.342. The molecular weight excluding hydrogens is 284 g/mol. The van der Waals surface area contributed by atoms with E-state index in [0.717, 1.165) is 29.2 Å². The van der Waals surface area contributed by atoms with Crippen LogP contribution in [0.4, 0.5) is 0 Å². The molecular formula is C16H18N2O2S. The predicted octanol–water partition coefficient (Wildman–Crippen LogP) is 4.04. The summed E-state index contributed by atoms with van der Waals surface area (Å²) in [5.74, 6) is 1.61. The third-order valence-corrected chi connectivity index (χ3v) is 5.01. The predicted molar refractivity (Wildman–Crippen MR) is 83.0 cm³/mol. The van der Waals surface area contributed by atoms with Gasteiger partial charge in [0.05, 0.1) is 12.0 Å². The van der Waals surface area contributed by atoms with Gasteiger partial charge in [0.2, 0.25) is 0 Å². The second-order valence-electron chi connectivity index (χ2n) is 5.45. The molecule has 1 aliphatic rings. The van der Waals surface area contributed by atoms with E-state index < -0.39 is 0 Å². The molecule has 5 heteroatoms. The fraction of sp³-hybridized carbons (Fsp3) is 0.438. The van der Waals surface area contributed by atoms with E-state index in [9.17, 15) is 4.79 Å². The standard InChI is InChI=1S/C16H18N2O2S/c1-4-16(5-2)9-13(19)12-8-11(6-7-14(12)20-16)15-17-10(3)18-21-15/h6-8H,4-5,9H2,1-3H3. The van der Waals surface area contributed by atoms with Crippen molar-refractivity contribution in [2.24, 2.45) is 0 Å². The molecule has 4 nitrogen and oxygen atoms in total. The third kappa shape index (κ3) is 2.46. The number of ether oxygens (including phenoxy) is 1. The summed E-state index contributed by atoms with van der Waals surface area (Å²) in [7, 11) is 0. The lowest BCUT2D eigenvalue weighted by molar-refractivity contribution is 0.0350. The maximum atomic E-state index is 12.5. The molecule has 1 aliphatic heterocycles. The third-order valence-electron chi connectivity index (χ3n) is 4.15. The average Bonchev–Trinajstić information content (AvgIpc) is 2.93. The van der Waals surface area contributed by atoms with Crippen LogP contribution >= 0.6 is 11.5 Å². The van der Waals surface area contributed by atoms with Gasteiger partial charge in [-0.25, -0.2) is 4.98 Å². The molecule has 0 unspecified atom stereocenters. The zero-order chi connectivity index (χ0) is 15.0. The Morgan fingerprint density at radius 3 is 2.71 bits per heavy atom. The SMILES string of the molecule is CCC1(CC)CC(=O)c2cc(-c3nc(C)ns3)ccc2O1. The Kier molecular flexibility index (Phi) is 3.53. The molecule has 1 aromatic carbocycles. The molecule has 0 fully saturated rings. The van der Waals surface area contributed by atoms with Gasteiger partial charge in [-0.05, 0) is 49.5 Å². The van der Waals surface area contributed by atoms with Crippen LogP contribution < -0.4 is 4.74 Å². The molecule has 2 heterocycles. The van der Waals surface area contributed by atoms with E-state index in [1.807, 2.05) is 25.1 Å². The number of nitrogens with zero attached hydrogens (tertiary/aromatic N) is 2. The molecule has 0 spiro atoms. The first-order chi connectivity index (χ1) is 10.1. The van der Waals surface area contributed by atoms with Gasteiger partial charge < -0.3 is 4.74 Å². The van der Waals surface area contributed by atoms with Crippen LogP contribution in [0.25, 0.3) is 10.6 Å². The number of fused-ring (bicyclic) bond motifs is 1.